The molecular weight excluding hydrogens is 598 g/mol. The van der Waals surface area contributed by atoms with E-state index in [1.54, 1.807) is 48.5 Å². The van der Waals surface area contributed by atoms with Crippen LogP contribution in [-0.2, 0) is 29.2 Å². The number of hydrogen-bond acceptors (Lipinski definition) is 5. The minimum atomic E-state index is -4.49. The predicted octanol–water partition coefficient (Wildman–Crippen LogP) is 5.43. The molecular formula is C32H31F4N3O4S. The third kappa shape index (κ3) is 8.43. The summed E-state index contributed by atoms with van der Waals surface area (Å²) in [6.45, 7) is -0.0864. The highest BCUT2D eigenvalue weighted by Crippen LogP contribution is 2.32. The number of para-hydroxylation sites is 1. The van der Waals surface area contributed by atoms with E-state index in [-0.39, 0.29) is 30.9 Å². The minimum Gasteiger partial charge on any atom is -0.390 e. The molecule has 44 heavy (non-hydrogen) atoms. The zero-order chi connectivity index (χ0) is 31.9. The third-order valence-corrected chi connectivity index (χ3v) is 7.85. The molecule has 0 radical (unpaired) electrons. The van der Waals surface area contributed by atoms with Gasteiger partial charge in [-0.2, -0.15) is 13.2 Å². The Morgan fingerprint density at radius 1 is 0.886 bits per heavy atom. The van der Waals surface area contributed by atoms with Gasteiger partial charge in [0.1, 0.15) is 0 Å². The fourth-order valence-corrected chi connectivity index (χ4v) is 5.69. The first-order valence-electron chi connectivity index (χ1n) is 13.6. The van der Waals surface area contributed by atoms with Crippen LogP contribution in [0.1, 0.15) is 27.0 Å². The maximum atomic E-state index is 15.9. The van der Waals surface area contributed by atoms with E-state index in [1.165, 1.54) is 42.5 Å². The van der Waals surface area contributed by atoms with Gasteiger partial charge in [-0.1, -0.05) is 72.8 Å². The Hall–Kier alpha value is -4.26. The number of nitrogens with zero attached hydrogens (tertiary/aromatic N) is 1. The monoisotopic (exact) mass is 629 g/mol. The van der Waals surface area contributed by atoms with Crippen molar-refractivity contribution >= 4 is 27.3 Å². The molecule has 0 saturated heterocycles. The number of anilines is 2. The molecule has 4 aromatic carbocycles. The van der Waals surface area contributed by atoms with Crippen molar-refractivity contribution in [1.82, 2.24) is 10.6 Å². The normalized spacial score (nSPS) is 13.2. The number of carbonyl (C=O) groups is 1. The van der Waals surface area contributed by atoms with Crippen LogP contribution >= 0.6 is 0 Å². The Labute approximate surface area is 253 Å². The Bertz CT molecular complexity index is 1670. The highest BCUT2D eigenvalue weighted by atomic mass is 32.2. The van der Waals surface area contributed by atoms with Gasteiger partial charge in [-0.3, -0.25) is 4.79 Å². The first kappa shape index (κ1) is 32.6. The number of rotatable bonds is 12. The van der Waals surface area contributed by atoms with Gasteiger partial charge < -0.3 is 15.7 Å². The number of nitrogens with one attached hydrogen (secondary N) is 2. The lowest BCUT2D eigenvalue weighted by Gasteiger charge is -2.26. The summed E-state index contributed by atoms with van der Waals surface area (Å²) in [5.74, 6) is -1.96. The molecule has 0 fully saturated rings. The molecule has 0 heterocycles. The van der Waals surface area contributed by atoms with Gasteiger partial charge in [0.2, 0.25) is 10.0 Å². The van der Waals surface area contributed by atoms with Gasteiger partial charge >= 0.3 is 6.18 Å². The van der Waals surface area contributed by atoms with E-state index < -0.39 is 51.2 Å². The molecule has 12 heteroatoms. The number of halogens is 4. The number of alkyl halides is 3. The lowest BCUT2D eigenvalue weighted by atomic mass is 10.00. The molecule has 0 aromatic heterocycles. The zero-order valence-electron chi connectivity index (χ0n) is 23.6. The minimum absolute atomic E-state index is 0.0183. The van der Waals surface area contributed by atoms with Crippen molar-refractivity contribution in [1.29, 1.82) is 0 Å². The maximum Gasteiger partial charge on any atom is 0.416 e. The van der Waals surface area contributed by atoms with Crippen LogP contribution in [0.3, 0.4) is 0 Å². The van der Waals surface area contributed by atoms with Crippen LogP contribution in [0.15, 0.2) is 103 Å². The number of amides is 1. The van der Waals surface area contributed by atoms with Gasteiger partial charge in [0, 0.05) is 13.1 Å². The summed E-state index contributed by atoms with van der Waals surface area (Å²) in [4.78, 5) is 13.4. The van der Waals surface area contributed by atoms with Gasteiger partial charge in [-0.15, -0.1) is 0 Å². The van der Waals surface area contributed by atoms with E-state index in [2.05, 4.69) is 10.6 Å². The molecule has 0 aliphatic carbocycles. The molecule has 0 aliphatic heterocycles. The van der Waals surface area contributed by atoms with E-state index in [1.807, 2.05) is 0 Å². The van der Waals surface area contributed by atoms with Crippen LogP contribution in [0, 0.1) is 5.82 Å². The largest absolute Gasteiger partial charge is 0.416 e. The molecule has 3 N–H and O–H groups in total. The summed E-state index contributed by atoms with van der Waals surface area (Å²) in [7, 11) is -4.01. The summed E-state index contributed by atoms with van der Waals surface area (Å²) in [5.41, 5.74) is -0.295. The first-order chi connectivity index (χ1) is 20.8. The van der Waals surface area contributed by atoms with Gasteiger partial charge in [-0.05, 0) is 47.9 Å². The highest BCUT2D eigenvalue weighted by Gasteiger charge is 2.31. The van der Waals surface area contributed by atoms with E-state index >= 15 is 4.39 Å². The highest BCUT2D eigenvalue weighted by molar-refractivity contribution is 7.92. The number of benzene rings is 4. The molecule has 0 bridgehead atoms. The number of sulfonamides is 1. The average molecular weight is 630 g/mol. The Balaban J connectivity index is 1.55. The van der Waals surface area contributed by atoms with Crippen molar-refractivity contribution in [3.8, 4) is 0 Å². The Morgan fingerprint density at radius 2 is 1.50 bits per heavy atom. The Morgan fingerprint density at radius 3 is 2.14 bits per heavy atom. The number of hydrogen-bond donors (Lipinski definition) is 3. The third-order valence-electron chi connectivity index (χ3n) is 6.78. The van der Waals surface area contributed by atoms with Crippen LogP contribution in [0.2, 0.25) is 0 Å². The number of carbonyl (C=O) groups excluding carboxylic acids is 1. The van der Waals surface area contributed by atoms with Crippen molar-refractivity contribution in [2.75, 3.05) is 17.1 Å². The maximum absolute atomic E-state index is 15.9. The molecule has 2 atom stereocenters. The quantitative estimate of drug-likeness (QED) is 0.182. The molecule has 4 aromatic rings. The Kier molecular flexibility index (Phi) is 10.4. The van der Waals surface area contributed by atoms with E-state index in [0.29, 0.717) is 5.56 Å². The van der Waals surface area contributed by atoms with Gasteiger partial charge in [0.05, 0.1) is 40.9 Å². The van der Waals surface area contributed by atoms with Gasteiger partial charge in [0.25, 0.3) is 5.91 Å². The van der Waals surface area contributed by atoms with Gasteiger partial charge in [-0.25, -0.2) is 17.1 Å². The molecule has 7 nitrogen and oxygen atoms in total. The van der Waals surface area contributed by atoms with E-state index in [4.69, 9.17) is 0 Å². The standard InChI is InChI=1S/C32H31F4N3O4S/c1-44(42,43)39(25-14-6-3-7-15-25)28-17-9-16-26(30(28)33)31(41)38-27(19-22-10-4-2-5-11-22)29(40)21-37-20-23-12-8-13-24(18-23)32(34,35)36/h2-18,27,29,37,40H,19-21H2,1H3,(H,38,41)/t27-,29+/m0/s1. The van der Waals surface area contributed by atoms with Crippen molar-refractivity contribution in [3.05, 3.63) is 131 Å². The van der Waals surface area contributed by atoms with Crippen molar-refractivity contribution in [3.63, 3.8) is 0 Å². The second-order valence-corrected chi connectivity index (χ2v) is 12.0. The molecule has 232 valence electrons. The van der Waals surface area contributed by atoms with Crippen LogP contribution in [0.5, 0.6) is 0 Å². The van der Waals surface area contributed by atoms with Crippen LogP contribution in [-0.4, -0.2) is 44.4 Å². The van der Waals surface area contributed by atoms with Crippen LogP contribution in [0.25, 0.3) is 0 Å². The first-order valence-corrected chi connectivity index (χ1v) is 15.4. The van der Waals surface area contributed by atoms with Crippen molar-refractivity contribution < 1.29 is 35.9 Å². The molecule has 0 spiro atoms. The second-order valence-electron chi connectivity index (χ2n) is 10.2. The van der Waals surface area contributed by atoms with Crippen molar-refractivity contribution in [2.45, 2.75) is 31.3 Å². The van der Waals surface area contributed by atoms with E-state index in [9.17, 15) is 31.5 Å². The summed E-state index contributed by atoms with van der Waals surface area (Å²) in [6, 6.07) is 24.4. The van der Waals surface area contributed by atoms with Crippen LogP contribution < -0.4 is 14.9 Å². The van der Waals surface area contributed by atoms with Crippen molar-refractivity contribution in [2.24, 2.45) is 0 Å². The molecule has 0 saturated carbocycles. The van der Waals surface area contributed by atoms with E-state index in [0.717, 1.165) is 28.3 Å². The smallest absolute Gasteiger partial charge is 0.390 e. The molecule has 4 rings (SSSR count). The number of aliphatic hydroxyl groups excluding tert-OH is 1. The summed E-state index contributed by atoms with van der Waals surface area (Å²) in [6.07, 6.45) is -4.65. The molecule has 0 aliphatic rings. The fourth-order valence-electron chi connectivity index (χ4n) is 4.69. The summed E-state index contributed by atoms with van der Waals surface area (Å²) in [5, 5.41) is 16.6. The summed E-state index contributed by atoms with van der Waals surface area (Å²) >= 11 is 0. The fraction of sp³-hybridized carbons (Fsp3) is 0.219. The average Bonchev–Trinajstić information content (AvgIpc) is 2.98. The molecule has 0 unspecified atom stereocenters. The topological polar surface area (TPSA) is 98.7 Å². The predicted molar refractivity (Wildman–Crippen MR) is 160 cm³/mol. The lowest BCUT2D eigenvalue weighted by Crippen LogP contribution is -2.48. The van der Waals surface area contributed by atoms with Gasteiger partial charge in [0.15, 0.2) is 5.82 Å². The van der Waals surface area contributed by atoms with Crippen LogP contribution in [0.4, 0.5) is 28.9 Å². The lowest BCUT2D eigenvalue weighted by molar-refractivity contribution is -0.137. The second kappa shape index (κ2) is 14.0. The molecule has 1 amide bonds. The number of aliphatic hydroxyl groups is 1. The zero-order valence-corrected chi connectivity index (χ0v) is 24.4. The SMILES string of the molecule is CS(=O)(=O)N(c1ccccc1)c1cccc(C(=O)N[C@@H](Cc2ccccc2)[C@H](O)CNCc2cccc(C(F)(F)F)c2)c1F. The summed E-state index contributed by atoms with van der Waals surface area (Å²) < 4.78 is 81.2.